The molecule has 1 aromatic heterocycles. The summed E-state index contributed by atoms with van der Waals surface area (Å²) in [6.45, 7) is 1.77. The van der Waals surface area contributed by atoms with Gasteiger partial charge in [0.15, 0.2) is 0 Å². The number of carbonyl (C=O) groups excluding carboxylic acids is 2. The van der Waals surface area contributed by atoms with E-state index in [2.05, 4.69) is 20.7 Å². The van der Waals surface area contributed by atoms with Gasteiger partial charge in [0.1, 0.15) is 5.82 Å². The van der Waals surface area contributed by atoms with E-state index < -0.39 is 23.7 Å². The van der Waals surface area contributed by atoms with E-state index in [1.165, 1.54) is 12.1 Å². The molecule has 162 valence electrons. The monoisotopic (exact) mass is 451 g/mol. The molecule has 1 fully saturated rings. The number of nitrogens with zero attached hydrogens (tertiary/aromatic N) is 2. The number of hydrogen-bond acceptors (Lipinski definition) is 4. The van der Waals surface area contributed by atoms with Crippen LogP contribution in [-0.4, -0.2) is 28.3 Å². The Kier molecular flexibility index (Phi) is 5.26. The van der Waals surface area contributed by atoms with Crippen molar-refractivity contribution in [2.75, 3.05) is 11.6 Å². The standard InChI is InChI=1S/C20H17ClF3N5O2/c1-10(18-26-14-4-3-12(21)9-15(14)27-18)25-19(31)11-2-5-16(13(8-11)20(22,23)24)29-7-6-17(30)28-29/h2-5,8-10H,6-7H2,1H3,(H,25,31)(H,26,27)(H,28,30)/t10-/m0/s1. The van der Waals surface area contributed by atoms with E-state index in [0.717, 1.165) is 11.1 Å². The summed E-state index contributed by atoms with van der Waals surface area (Å²) in [5.41, 5.74) is 2.33. The summed E-state index contributed by atoms with van der Waals surface area (Å²) in [7, 11) is 0. The van der Waals surface area contributed by atoms with Gasteiger partial charge in [-0.25, -0.2) is 4.98 Å². The lowest BCUT2D eigenvalue weighted by molar-refractivity contribution is -0.137. The second-order valence-corrected chi connectivity index (χ2v) is 7.58. The topological polar surface area (TPSA) is 90.1 Å². The molecule has 1 aliphatic heterocycles. The van der Waals surface area contributed by atoms with E-state index in [0.29, 0.717) is 21.9 Å². The second-order valence-electron chi connectivity index (χ2n) is 7.14. The molecule has 2 heterocycles. The maximum absolute atomic E-state index is 13.6. The van der Waals surface area contributed by atoms with E-state index >= 15 is 0 Å². The average molecular weight is 452 g/mol. The molecule has 3 N–H and O–H groups in total. The van der Waals surface area contributed by atoms with E-state index in [4.69, 9.17) is 11.6 Å². The Labute approximate surface area is 179 Å². The van der Waals surface area contributed by atoms with Crippen LogP contribution < -0.4 is 15.8 Å². The molecule has 11 heteroatoms. The van der Waals surface area contributed by atoms with Crippen LogP contribution in [0.3, 0.4) is 0 Å². The number of imidazole rings is 1. The molecule has 2 aromatic carbocycles. The van der Waals surface area contributed by atoms with Crippen LogP contribution >= 0.6 is 11.6 Å². The molecule has 3 aromatic rings. The number of rotatable bonds is 4. The summed E-state index contributed by atoms with van der Waals surface area (Å²) in [4.78, 5) is 31.4. The van der Waals surface area contributed by atoms with Crippen LogP contribution in [0.4, 0.5) is 18.9 Å². The van der Waals surface area contributed by atoms with Crippen molar-refractivity contribution in [1.29, 1.82) is 0 Å². The molecule has 4 rings (SSSR count). The van der Waals surface area contributed by atoms with Gasteiger partial charge >= 0.3 is 6.18 Å². The lowest BCUT2D eigenvalue weighted by Gasteiger charge is -2.23. The van der Waals surface area contributed by atoms with Gasteiger partial charge < -0.3 is 10.3 Å². The van der Waals surface area contributed by atoms with Crippen molar-refractivity contribution < 1.29 is 22.8 Å². The second kappa shape index (κ2) is 7.77. The quantitative estimate of drug-likeness (QED) is 0.560. The number of aromatic nitrogens is 2. The molecule has 1 saturated heterocycles. The minimum atomic E-state index is -4.71. The first-order valence-electron chi connectivity index (χ1n) is 9.36. The Morgan fingerprint density at radius 2 is 2.03 bits per heavy atom. The average Bonchev–Trinajstić information content (AvgIpc) is 3.32. The van der Waals surface area contributed by atoms with Crippen molar-refractivity contribution >= 4 is 40.1 Å². The molecule has 2 amide bonds. The van der Waals surface area contributed by atoms with Gasteiger partial charge in [-0.05, 0) is 43.3 Å². The van der Waals surface area contributed by atoms with E-state index in [-0.39, 0.29) is 30.1 Å². The lowest BCUT2D eigenvalue weighted by Crippen LogP contribution is -2.35. The summed E-state index contributed by atoms with van der Waals surface area (Å²) in [6, 6.07) is 7.74. The first-order valence-corrected chi connectivity index (χ1v) is 9.74. The third-order valence-corrected chi connectivity index (χ3v) is 5.13. The molecule has 0 radical (unpaired) electrons. The molecule has 31 heavy (non-hydrogen) atoms. The summed E-state index contributed by atoms with van der Waals surface area (Å²) in [6.07, 6.45) is -4.61. The Balaban J connectivity index is 1.58. The molecule has 0 aliphatic carbocycles. The van der Waals surface area contributed by atoms with Crippen LogP contribution in [-0.2, 0) is 11.0 Å². The number of carbonyl (C=O) groups is 2. The van der Waals surface area contributed by atoms with Gasteiger partial charge in [0.05, 0.1) is 28.3 Å². The van der Waals surface area contributed by atoms with Crippen LogP contribution in [0.2, 0.25) is 5.02 Å². The molecular formula is C20H17ClF3N5O2. The maximum Gasteiger partial charge on any atom is 0.418 e. The highest BCUT2D eigenvalue weighted by Gasteiger charge is 2.37. The third kappa shape index (κ3) is 4.29. The zero-order valence-electron chi connectivity index (χ0n) is 16.2. The Hall–Kier alpha value is -3.27. The fourth-order valence-electron chi connectivity index (χ4n) is 3.35. The van der Waals surface area contributed by atoms with Crippen molar-refractivity contribution in [1.82, 2.24) is 20.7 Å². The maximum atomic E-state index is 13.6. The van der Waals surface area contributed by atoms with Crippen LogP contribution in [0.25, 0.3) is 11.0 Å². The number of aromatic amines is 1. The van der Waals surface area contributed by atoms with Gasteiger partial charge in [-0.1, -0.05) is 11.6 Å². The molecular weight excluding hydrogens is 435 g/mol. The first kappa shape index (κ1) is 21.0. The number of amides is 2. The van der Waals surface area contributed by atoms with Gasteiger partial charge in [0.25, 0.3) is 5.91 Å². The molecule has 1 aliphatic rings. The predicted molar refractivity (Wildman–Crippen MR) is 109 cm³/mol. The summed E-state index contributed by atoms with van der Waals surface area (Å²) < 4.78 is 40.9. The number of halogens is 4. The van der Waals surface area contributed by atoms with Crippen molar-refractivity contribution in [3.05, 3.63) is 58.4 Å². The number of alkyl halides is 3. The summed E-state index contributed by atoms with van der Waals surface area (Å²) >= 11 is 5.96. The SMILES string of the molecule is C[C@H](NC(=O)c1ccc(N2CCC(=O)N2)c(C(F)(F)F)c1)c1nc2ccc(Cl)cc2[nH]1. The van der Waals surface area contributed by atoms with E-state index in [9.17, 15) is 22.8 Å². The van der Waals surface area contributed by atoms with Crippen LogP contribution in [0.15, 0.2) is 36.4 Å². The van der Waals surface area contributed by atoms with Crippen LogP contribution in [0, 0.1) is 0 Å². The van der Waals surface area contributed by atoms with E-state index in [1.807, 2.05) is 0 Å². The van der Waals surface area contributed by atoms with Gasteiger partial charge in [0.2, 0.25) is 5.91 Å². The fraction of sp³-hybridized carbons (Fsp3) is 0.250. The van der Waals surface area contributed by atoms with Gasteiger partial charge in [-0.2, -0.15) is 13.2 Å². The number of hydrazine groups is 1. The first-order chi connectivity index (χ1) is 14.6. The number of benzene rings is 2. The van der Waals surface area contributed by atoms with Gasteiger partial charge in [-0.15, -0.1) is 0 Å². The molecule has 0 bridgehead atoms. The predicted octanol–water partition coefficient (Wildman–Crippen LogP) is 3.97. The summed E-state index contributed by atoms with van der Waals surface area (Å²) in [5.74, 6) is -0.609. The highest BCUT2D eigenvalue weighted by atomic mass is 35.5. The van der Waals surface area contributed by atoms with Crippen LogP contribution in [0.1, 0.15) is 41.1 Å². The molecule has 0 saturated carbocycles. The van der Waals surface area contributed by atoms with Gasteiger partial charge in [-0.3, -0.25) is 20.0 Å². The van der Waals surface area contributed by atoms with Gasteiger partial charge in [0, 0.05) is 23.6 Å². The number of nitrogens with one attached hydrogen (secondary N) is 3. The highest BCUT2D eigenvalue weighted by molar-refractivity contribution is 6.31. The zero-order valence-corrected chi connectivity index (χ0v) is 16.9. The van der Waals surface area contributed by atoms with E-state index in [1.54, 1.807) is 25.1 Å². The third-order valence-electron chi connectivity index (χ3n) is 4.90. The molecule has 0 unspecified atom stereocenters. The zero-order chi connectivity index (χ0) is 22.3. The van der Waals surface area contributed by atoms with Crippen LogP contribution in [0.5, 0.6) is 0 Å². The fourth-order valence-corrected chi connectivity index (χ4v) is 3.52. The minimum absolute atomic E-state index is 0.0970. The summed E-state index contributed by atoms with van der Waals surface area (Å²) in [5, 5.41) is 4.30. The number of anilines is 1. The van der Waals surface area contributed by atoms with Crippen molar-refractivity contribution in [2.45, 2.75) is 25.6 Å². The number of fused-ring (bicyclic) bond motifs is 1. The smallest absolute Gasteiger partial charge is 0.342 e. The van der Waals surface area contributed by atoms with Crippen molar-refractivity contribution in [3.63, 3.8) is 0 Å². The van der Waals surface area contributed by atoms with Crippen molar-refractivity contribution in [3.8, 4) is 0 Å². The largest absolute Gasteiger partial charge is 0.418 e. The van der Waals surface area contributed by atoms with Crippen molar-refractivity contribution in [2.24, 2.45) is 0 Å². The highest BCUT2D eigenvalue weighted by Crippen LogP contribution is 2.37. The Morgan fingerprint density at radius 3 is 2.71 bits per heavy atom. The Morgan fingerprint density at radius 1 is 1.26 bits per heavy atom. The molecule has 1 atom stereocenters. The molecule has 0 spiro atoms. The number of hydrogen-bond donors (Lipinski definition) is 3. The minimum Gasteiger partial charge on any atom is -0.342 e. The molecule has 7 nitrogen and oxygen atoms in total. The number of H-pyrrole nitrogens is 1. The Bertz CT molecular complexity index is 1180. The lowest BCUT2D eigenvalue weighted by atomic mass is 10.1. The normalized spacial score (nSPS) is 15.3.